The van der Waals surface area contributed by atoms with Crippen LogP contribution < -0.4 is 0 Å². The van der Waals surface area contributed by atoms with Crippen LogP contribution in [0.4, 0.5) is 4.39 Å². The van der Waals surface area contributed by atoms with Crippen molar-refractivity contribution in [2.75, 3.05) is 0 Å². The molecule has 1 aromatic carbocycles. The van der Waals surface area contributed by atoms with Crippen LogP contribution in [0.3, 0.4) is 0 Å². The molecule has 0 bridgehead atoms. The quantitative estimate of drug-likeness (QED) is 0.702. The molecular formula is C16H17FS. The van der Waals surface area contributed by atoms with Crippen LogP contribution in [0.5, 0.6) is 0 Å². The second-order valence-electron chi connectivity index (χ2n) is 5.04. The summed E-state index contributed by atoms with van der Waals surface area (Å²) in [5.41, 5.74) is 5.21. The summed E-state index contributed by atoms with van der Waals surface area (Å²) in [5, 5.41) is 2.23. The van der Waals surface area contributed by atoms with Gasteiger partial charge in [0.1, 0.15) is 5.82 Å². The Hall–Kier alpha value is -1.15. The first-order chi connectivity index (χ1) is 8.70. The van der Waals surface area contributed by atoms with E-state index >= 15 is 0 Å². The Kier molecular flexibility index (Phi) is 2.98. The first-order valence-corrected chi connectivity index (χ1v) is 7.45. The Morgan fingerprint density at radius 2 is 2.06 bits per heavy atom. The molecule has 0 saturated heterocycles. The monoisotopic (exact) mass is 260 g/mol. The van der Waals surface area contributed by atoms with Gasteiger partial charge in [-0.15, -0.1) is 11.3 Å². The van der Waals surface area contributed by atoms with Crippen molar-refractivity contribution >= 4 is 11.3 Å². The van der Waals surface area contributed by atoms with Crippen LogP contribution in [0.1, 0.15) is 41.7 Å². The molecule has 0 radical (unpaired) electrons. The normalized spacial score (nSPS) is 15.1. The first kappa shape index (κ1) is 11.9. The summed E-state index contributed by atoms with van der Waals surface area (Å²) in [6.45, 7) is 4.37. The van der Waals surface area contributed by atoms with Gasteiger partial charge in [0, 0.05) is 4.88 Å². The van der Waals surface area contributed by atoms with Gasteiger partial charge in [0.2, 0.25) is 0 Å². The highest BCUT2D eigenvalue weighted by Gasteiger charge is 2.27. The number of halogens is 1. The van der Waals surface area contributed by atoms with Gasteiger partial charge in [-0.05, 0) is 71.9 Å². The summed E-state index contributed by atoms with van der Waals surface area (Å²) in [6.07, 6.45) is 3.47. The van der Waals surface area contributed by atoms with Gasteiger partial charge in [-0.2, -0.15) is 0 Å². The second kappa shape index (κ2) is 4.51. The Bertz CT molecular complexity index is 579. The van der Waals surface area contributed by atoms with Gasteiger partial charge in [0.05, 0.1) is 0 Å². The molecule has 0 amide bonds. The molecule has 18 heavy (non-hydrogen) atoms. The van der Waals surface area contributed by atoms with Crippen molar-refractivity contribution in [1.82, 2.24) is 0 Å². The van der Waals surface area contributed by atoms with Crippen LogP contribution in [-0.4, -0.2) is 0 Å². The first-order valence-electron chi connectivity index (χ1n) is 6.57. The smallest absolute Gasteiger partial charge is 0.123 e. The van der Waals surface area contributed by atoms with Crippen molar-refractivity contribution in [2.45, 2.75) is 39.0 Å². The fourth-order valence-electron chi connectivity index (χ4n) is 2.66. The molecule has 2 heteroatoms. The molecular weight excluding hydrogens is 243 g/mol. The van der Waals surface area contributed by atoms with Gasteiger partial charge in [-0.25, -0.2) is 4.39 Å². The molecule has 1 aliphatic carbocycles. The van der Waals surface area contributed by atoms with E-state index in [0.29, 0.717) is 5.92 Å². The molecule has 0 atom stereocenters. The lowest BCUT2D eigenvalue weighted by molar-refractivity contribution is 0.626. The summed E-state index contributed by atoms with van der Waals surface area (Å²) in [6, 6.07) is 5.29. The fraction of sp³-hybridized carbons (Fsp3) is 0.375. The van der Waals surface area contributed by atoms with E-state index in [2.05, 4.69) is 19.2 Å². The average Bonchev–Trinajstić information content (AvgIpc) is 3.13. The second-order valence-corrected chi connectivity index (χ2v) is 6.13. The highest BCUT2D eigenvalue weighted by molar-refractivity contribution is 7.10. The minimum atomic E-state index is -0.106. The number of hydrogen-bond donors (Lipinski definition) is 0. The third-order valence-corrected chi connectivity index (χ3v) is 4.73. The molecule has 1 heterocycles. The molecule has 94 valence electrons. The van der Waals surface area contributed by atoms with E-state index in [1.165, 1.54) is 40.0 Å². The van der Waals surface area contributed by atoms with Gasteiger partial charge < -0.3 is 0 Å². The molecule has 2 aromatic rings. The van der Waals surface area contributed by atoms with E-state index in [1.807, 2.05) is 6.07 Å². The molecule has 3 rings (SSSR count). The maximum atomic E-state index is 13.4. The molecule has 0 spiro atoms. The lowest BCUT2D eigenvalue weighted by atomic mass is 9.94. The third-order valence-electron chi connectivity index (χ3n) is 3.78. The van der Waals surface area contributed by atoms with Gasteiger partial charge in [-0.3, -0.25) is 0 Å². The van der Waals surface area contributed by atoms with Gasteiger partial charge in [-0.1, -0.05) is 13.0 Å². The van der Waals surface area contributed by atoms with Crippen LogP contribution in [0.2, 0.25) is 0 Å². The average molecular weight is 260 g/mol. The third kappa shape index (κ3) is 1.99. The van der Waals surface area contributed by atoms with Crippen molar-refractivity contribution in [1.29, 1.82) is 0 Å². The summed E-state index contributed by atoms with van der Waals surface area (Å²) in [4.78, 5) is 1.39. The van der Waals surface area contributed by atoms with E-state index in [9.17, 15) is 4.39 Å². The fourth-order valence-corrected chi connectivity index (χ4v) is 3.62. The maximum Gasteiger partial charge on any atom is 0.123 e. The lowest BCUT2D eigenvalue weighted by Gasteiger charge is -2.10. The van der Waals surface area contributed by atoms with E-state index < -0.39 is 0 Å². The van der Waals surface area contributed by atoms with Gasteiger partial charge in [0.25, 0.3) is 0 Å². The van der Waals surface area contributed by atoms with Gasteiger partial charge >= 0.3 is 0 Å². The number of aryl methyl sites for hydroxylation is 1. The van der Waals surface area contributed by atoms with E-state index in [-0.39, 0.29) is 5.82 Å². The molecule has 1 fully saturated rings. The molecule has 0 nitrogen and oxygen atoms in total. The van der Waals surface area contributed by atoms with Crippen molar-refractivity contribution < 1.29 is 4.39 Å². The SMILES string of the molecule is CCc1c(-c2ccc(F)cc2C2CC2)csc1C. The zero-order valence-electron chi connectivity index (χ0n) is 10.8. The number of thiophene rings is 1. The highest BCUT2D eigenvalue weighted by atomic mass is 32.1. The molecule has 0 unspecified atom stereocenters. The lowest BCUT2D eigenvalue weighted by Crippen LogP contribution is -1.91. The predicted molar refractivity (Wildman–Crippen MR) is 75.8 cm³/mol. The zero-order chi connectivity index (χ0) is 12.7. The summed E-state index contributed by atoms with van der Waals surface area (Å²) < 4.78 is 13.4. The Labute approximate surface area is 111 Å². The molecule has 1 aromatic heterocycles. The summed E-state index contributed by atoms with van der Waals surface area (Å²) in [5.74, 6) is 0.478. The van der Waals surface area contributed by atoms with Crippen LogP contribution >= 0.6 is 11.3 Å². The topological polar surface area (TPSA) is 0 Å². The molecule has 1 aliphatic rings. The number of rotatable bonds is 3. The zero-order valence-corrected chi connectivity index (χ0v) is 11.6. The van der Waals surface area contributed by atoms with E-state index in [0.717, 1.165) is 6.42 Å². The summed E-state index contributed by atoms with van der Waals surface area (Å²) in [7, 11) is 0. The largest absolute Gasteiger partial charge is 0.207 e. The minimum Gasteiger partial charge on any atom is -0.207 e. The predicted octanol–water partition coefficient (Wildman–Crippen LogP) is 5.30. The Balaban J connectivity index is 2.15. The Morgan fingerprint density at radius 1 is 1.28 bits per heavy atom. The van der Waals surface area contributed by atoms with E-state index in [1.54, 1.807) is 23.5 Å². The van der Waals surface area contributed by atoms with Crippen LogP contribution in [0, 0.1) is 12.7 Å². The van der Waals surface area contributed by atoms with Crippen molar-refractivity contribution in [3.05, 3.63) is 45.4 Å². The standard InChI is InChI=1S/C16H17FS/c1-3-13-10(2)18-9-16(13)14-7-6-12(17)8-15(14)11-4-5-11/h6-9,11H,3-5H2,1-2H3. The molecule has 1 saturated carbocycles. The molecule has 0 N–H and O–H groups in total. The maximum absolute atomic E-state index is 13.4. The summed E-state index contributed by atoms with van der Waals surface area (Å²) >= 11 is 1.80. The minimum absolute atomic E-state index is 0.106. The Morgan fingerprint density at radius 3 is 2.72 bits per heavy atom. The van der Waals surface area contributed by atoms with Crippen LogP contribution in [-0.2, 0) is 6.42 Å². The van der Waals surface area contributed by atoms with Crippen molar-refractivity contribution in [2.24, 2.45) is 0 Å². The van der Waals surface area contributed by atoms with E-state index in [4.69, 9.17) is 0 Å². The van der Waals surface area contributed by atoms with Crippen LogP contribution in [0.25, 0.3) is 11.1 Å². The van der Waals surface area contributed by atoms with Crippen molar-refractivity contribution in [3.63, 3.8) is 0 Å². The number of benzene rings is 1. The number of hydrogen-bond acceptors (Lipinski definition) is 1. The van der Waals surface area contributed by atoms with Gasteiger partial charge in [0.15, 0.2) is 0 Å². The van der Waals surface area contributed by atoms with Crippen molar-refractivity contribution in [3.8, 4) is 11.1 Å². The highest BCUT2D eigenvalue weighted by Crippen LogP contribution is 2.46. The van der Waals surface area contributed by atoms with Crippen LogP contribution in [0.15, 0.2) is 23.6 Å². The molecule has 0 aliphatic heterocycles.